The molecule has 0 amide bonds. The van der Waals surface area contributed by atoms with E-state index in [1.54, 1.807) is 0 Å². The van der Waals surface area contributed by atoms with Crippen molar-refractivity contribution in [1.82, 2.24) is 9.97 Å². The predicted octanol–water partition coefficient (Wildman–Crippen LogP) is 7.42. The molecular formula is C26H31FN2. The minimum Gasteiger partial charge on any atom is -0.236 e. The van der Waals surface area contributed by atoms with E-state index >= 15 is 0 Å². The van der Waals surface area contributed by atoms with Gasteiger partial charge in [-0.05, 0) is 48.4 Å². The van der Waals surface area contributed by atoms with E-state index in [0.29, 0.717) is 17.0 Å². The molecule has 0 fully saturated rings. The summed E-state index contributed by atoms with van der Waals surface area (Å²) in [6.45, 7) is 4.41. The van der Waals surface area contributed by atoms with Gasteiger partial charge in [0, 0.05) is 23.5 Å². The van der Waals surface area contributed by atoms with E-state index in [4.69, 9.17) is 0 Å². The Bertz CT molecular complexity index is 886. The Hall–Kier alpha value is -2.55. The van der Waals surface area contributed by atoms with Gasteiger partial charge in [-0.15, -0.1) is 0 Å². The second-order valence-corrected chi connectivity index (χ2v) is 7.72. The van der Waals surface area contributed by atoms with Gasteiger partial charge in [0.15, 0.2) is 5.82 Å². The molecule has 1 heterocycles. The van der Waals surface area contributed by atoms with Crippen LogP contribution in [0.3, 0.4) is 0 Å². The molecule has 2 aromatic carbocycles. The van der Waals surface area contributed by atoms with Crippen LogP contribution in [0, 0.1) is 5.82 Å². The van der Waals surface area contributed by atoms with Crippen LogP contribution in [0.1, 0.15) is 63.5 Å². The molecule has 29 heavy (non-hydrogen) atoms. The van der Waals surface area contributed by atoms with E-state index in [0.717, 1.165) is 30.4 Å². The number of hydrogen-bond acceptors (Lipinski definition) is 2. The quantitative estimate of drug-likeness (QED) is 0.337. The van der Waals surface area contributed by atoms with Crippen molar-refractivity contribution in [2.45, 2.75) is 65.2 Å². The molecule has 3 heteroatoms. The number of aromatic nitrogens is 2. The Labute approximate surface area is 174 Å². The second kappa shape index (κ2) is 10.8. The molecule has 0 saturated carbocycles. The van der Waals surface area contributed by atoms with E-state index in [1.807, 2.05) is 36.7 Å². The molecule has 0 aliphatic rings. The summed E-state index contributed by atoms with van der Waals surface area (Å²) in [5.41, 5.74) is 4.68. The van der Waals surface area contributed by atoms with Crippen molar-refractivity contribution in [2.75, 3.05) is 0 Å². The maximum absolute atomic E-state index is 14.8. The zero-order chi connectivity index (χ0) is 20.5. The molecule has 0 N–H and O–H groups in total. The summed E-state index contributed by atoms with van der Waals surface area (Å²) in [5, 5.41) is 0. The third kappa shape index (κ3) is 5.96. The zero-order valence-electron chi connectivity index (χ0n) is 17.6. The normalized spacial score (nSPS) is 11.0. The summed E-state index contributed by atoms with van der Waals surface area (Å²) < 4.78 is 14.8. The van der Waals surface area contributed by atoms with Gasteiger partial charge in [0.1, 0.15) is 5.82 Å². The van der Waals surface area contributed by atoms with Crippen LogP contribution >= 0.6 is 0 Å². The predicted molar refractivity (Wildman–Crippen MR) is 119 cm³/mol. The number of aryl methyl sites for hydroxylation is 2. The minimum absolute atomic E-state index is 0.239. The van der Waals surface area contributed by atoms with Gasteiger partial charge in [-0.2, -0.15) is 0 Å². The van der Waals surface area contributed by atoms with Crippen LogP contribution in [0.5, 0.6) is 0 Å². The first-order chi connectivity index (χ1) is 14.2. The number of nitrogens with zero attached hydrogens (tertiary/aromatic N) is 2. The summed E-state index contributed by atoms with van der Waals surface area (Å²) in [7, 11) is 0. The summed E-state index contributed by atoms with van der Waals surface area (Å²) in [5.74, 6) is 0.331. The number of unbranched alkanes of at least 4 members (excludes halogenated alkanes) is 4. The fourth-order valence-corrected chi connectivity index (χ4v) is 3.53. The van der Waals surface area contributed by atoms with Crippen molar-refractivity contribution in [2.24, 2.45) is 0 Å². The van der Waals surface area contributed by atoms with Crippen molar-refractivity contribution >= 4 is 0 Å². The maximum Gasteiger partial charge on any atom is 0.159 e. The highest BCUT2D eigenvalue weighted by Gasteiger charge is 2.09. The van der Waals surface area contributed by atoms with Crippen molar-refractivity contribution in [1.29, 1.82) is 0 Å². The lowest BCUT2D eigenvalue weighted by Gasteiger charge is -2.08. The largest absolute Gasteiger partial charge is 0.236 e. The van der Waals surface area contributed by atoms with Gasteiger partial charge in [0.05, 0.1) is 0 Å². The highest BCUT2D eigenvalue weighted by atomic mass is 19.1. The number of rotatable bonds is 10. The van der Waals surface area contributed by atoms with E-state index in [1.165, 1.54) is 43.7 Å². The first-order valence-electron chi connectivity index (χ1n) is 10.9. The summed E-state index contributed by atoms with van der Waals surface area (Å²) in [6, 6.07) is 13.5. The molecule has 0 radical (unpaired) electrons. The summed E-state index contributed by atoms with van der Waals surface area (Å²) in [4.78, 5) is 8.88. The van der Waals surface area contributed by atoms with Gasteiger partial charge >= 0.3 is 0 Å². The van der Waals surface area contributed by atoms with Crippen molar-refractivity contribution in [3.63, 3.8) is 0 Å². The lowest BCUT2D eigenvalue weighted by Crippen LogP contribution is -1.94. The van der Waals surface area contributed by atoms with Crippen LogP contribution < -0.4 is 0 Å². The Morgan fingerprint density at radius 3 is 1.86 bits per heavy atom. The van der Waals surface area contributed by atoms with Gasteiger partial charge in [0.2, 0.25) is 0 Å². The molecule has 1 aromatic heterocycles. The molecule has 0 saturated heterocycles. The molecule has 0 spiro atoms. The maximum atomic E-state index is 14.8. The average molecular weight is 391 g/mol. The van der Waals surface area contributed by atoms with Crippen molar-refractivity contribution < 1.29 is 4.39 Å². The zero-order valence-corrected chi connectivity index (χ0v) is 17.6. The highest BCUT2D eigenvalue weighted by molar-refractivity contribution is 5.68. The average Bonchev–Trinajstić information content (AvgIpc) is 2.75. The van der Waals surface area contributed by atoms with Gasteiger partial charge < -0.3 is 0 Å². The molecule has 0 aliphatic carbocycles. The lowest BCUT2D eigenvalue weighted by molar-refractivity contribution is 0.631. The SMILES string of the molecule is CCCCCc1ccc(-c2ccc(-c3ncc(CCCCC)cn3)cc2F)cc1. The van der Waals surface area contributed by atoms with Crippen LogP contribution in [0.2, 0.25) is 0 Å². The van der Waals surface area contributed by atoms with Crippen molar-refractivity contribution in [3.05, 3.63) is 71.8 Å². The van der Waals surface area contributed by atoms with E-state index < -0.39 is 0 Å². The van der Waals surface area contributed by atoms with Crippen LogP contribution in [-0.2, 0) is 12.8 Å². The Kier molecular flexibility index (Phi) is 7.92. The third-order valence-electron chi connectivity index (χ3n) is 5.34. The van der Waals surface area contributed by atoms with Crippen LogP contribution in [-0.4, -0.2) is 9.97 Å². The topological polar surface area (TPSA) is 25.8 Å². The standard InChI is InChI=1S/C26H31FN2/c1-3-5-7-9-20-11-13-22(14-12-20)24-16-15-23(17-25(24)27)26-28-18-21(19-29-26)10-8-6-4-2/h11-19H,3-10H2,1-2H3. The third-order valence-corrected chi connectivity index (χ3v) is 5.34. The van der Waals surface area contributed by atoms with Gasteiger partial charge in [-0.1, -0.05) is 75.9 Å². The molecule has 152 valence electrons. The number of halogens is 1. The Balaban J connectivity index is 1.70. The highest BCUT2D eigenvalue weighted by Crippen LogP contribution is 2.27. The number of benzene rings is 2. The monoisotopic (exact) mass is 390 g/mol. The molecule has 3 aromatic rings. The van der Waals surface area contributed by atoms with Crippen LogP contribution in [0.4, 0.5) is 4.39 Å². The van der Waals surface area contributed by atoms with Crippen LogP contribution in [0.25, 0.3) is 22.5 Å². The minimum atomic E-state index is -0.239. The fraction of sp³-hybridized carbons (Fsp3) is 0.385. The molecule has 2 nitrogen and oxygen atoms in total. The first kappa shape index (κ1) is 21.2. The first-order valence-corrected chi connectivity index (χ1v) is 10.9. The molecule has 0 bridgehead atoms. The van der Waals surface area contributed by atoms with Gasteiger partial charge in [-0.3, -0.25) is 0 Å². The molecule has 0 atom stereocenters. The smallest absolute Gasteiger partial charge is 0.159 e. The van der Waals surface area contributed by atoms with E-state index in [-0.39, 0.29) is 5.82 Å². The molecule has 0 unspecified atom stereocenters. The van der Waals surface area contributed by atoms with E-state index in [9.17, 15) is 4.39 Å². The van der Waals surface area contributed by atoms with Gasteiger partial charge in [-0.25, -0.2) is 14.4 Å². The van der Waals surface area contributed by atoms with E-state index in [2.05, 4.69) is 35.9 Å². The van der Waals surface area contributed by atoms with Crippen LogP contribution in [0.15, 0.2) is 54.9 Å². The summed E-state index contributed by atoms with van der Waals surface area (Å²) >= 11 is 0. The summed E-state index contributed by atoms with van der Waals surface area (Å²) in [6.07, 6.45) is 13.1. The molecule has 3 rings (SSSR count). The fourth-order valence-electron chi connectivity index (χ4n) is 3.53. The lowest BCUT2D eigenvalue weighted by atomic mass is 9.99. The Morgan fingerprint density at radius 1 is 0.690 bits per heavy atom. The second-order valence-electron chi connectivity index (χ2n) is 7.72. The van der Waals surface area contributed by atoms with Crippen molar-refractivity contribution in [3.8, 4) is 22.5 Å². The number of hydrogen-bond donors (Lipinski definition) is 0. The van der Waals surface area contributed by atoms with Gasteiger partial charge in [0.25, 0.3) is 0 Å². The Morgan fingerprint density at radius 2 is 1.28 bits per heavy atom. The molecular weight excluding hydrogens is 359 g/mol. The molecule has 0 aliphatic heterocycles.